The monoisotopic (exact) mass is 271 g/mol. The van der Waals surface area contributed by atoms with Crippen molar-refractivity contribution >= 4 is 11.4 Å². The van der Waals surface area contributed by atoms with Crippen molar-refractivity contribution in [3.05, 3.63) is 34.1 Å². The van der Waals surface area contributed by atoms with Crippen LogP contribution in [-0.4, -0.2) is 49.2 Å². The van der Waals surface area contributed by atoms with Crippen LogP contribution in [0.2, 0.25) is 0 Å². The summed E-state index contributed by atoms with van der Waals surface area (Å²) in [4.78, 5) is 13.7. The minimum absolute atomic E-state index is 0.252. The molecule has 7 heteroatoms. The minimum atomic E-state index is -0.619. The van der Waals surface area contributed by atoms with Crippen LogP contribution in [0.25, 0.3) is 0 Å². The first-order chi connectivity index (χ1) is 9.11. The number of nitro benzene ring substituents is 1. The van der Waals surface area contributed by atoms with Crippen molar-refractivity contribution < 1.29 is 13.7 Å². The number of hydrogen-bond acceptors (Lipinski definition) is 4. The SMILES string of the molecule is O=[N+]([O-])c1ccc(N2CCN(CCF)CC2)c(F)c1. The molecule has 0 saturated carbocycles. The Morgan fingerprint density at radius 2 is 1.95 bits per heavy atom. The van der Waals surface area contributed by atoms with E-state index in [4.69, 9.17) is 0 Å². The van der Waals surface area contributed by atoms with Gasteiger partial charge in [0.25, 0.3) is 5.69 Å². The first-order valence-electron chi connectivity index (χ1n) is 6.09. The molecule has 1 fully saturated rings. The van der Waals surface area contributed by atoms with Crippen LogP contribution in [0.15, 0.2) is 18.2 Å². The van der Waals surface area contributed by atoms with Crippen LogP contribution in [0, 0.1) is 15.9 Å². The fourth-order valence-electron chi connectivity index (χ4n) is 2.20. The van der Waals surface area contributed by atoms with Crippen LogP contribution in [-0.2, 0) is 0 Å². The number of nitro groups is 1. The zero-order valence-corrected chi connectivity index (χ0v) is 10.4. The smallest absolute Gasteiger partial charge is 0.272 e. The van der Waals surface area contributed by atoms with E-state index in [0.29, 0.717) is 38.4 Å². The topological polar surface area (TPSA) is 49.6 Å². The van der Waals surface area contributed by atoms with Crippen molar-refractivity contribution in [3.8, 4) is 0 Å². The Bertz CT molecular complexity index is 462. The van der Waals surface area contributed by atoms with E-state index in [2.05, 4.69) is 0 Å². The van der Waals surface area contributed by atoms with E-state index in [1.54, 1.807) is 0 Å². The van der Waals surface area contributed by atoms with E-state index >= 15 is 0 Å². The maximum atomic E-state index is 13.8. The molecule has 0 aliphatic carbocycles. The molecular weight excluding hydrogens is 256 g/mol. The molecule has 19 heavy (non-hydrogen) atoms. The fraction of sp³-hybridized carbons (Fsp3) is 0.500. The van der Waals surface area contributed by atoms with Gasteiger partial charge in [-0.05, 0) is 6.07 Å². The van der Waals surface area contributed by atoms with Gasteiger partial charge in [-0.15, -0.1) is 0 Å². The van der Waals surface area contributed by atoms with Gasteiger partial charge in [0.05, 0.1) is 16.7 Å². The molecule has 5 nitrogen and oxygen atoms in total. The van der Waals surface area contributed by atoms with E-state index in [1.165, 1.54) is 12.1 Å². The lowest BCUT2D eigenvalue weighted by atomic mass is 10.2. The summed E-state index contributed by atoms with van der Waals surface area (Å²) in [6, 6.07) is 3.66. The van der Waals surface area contributed by atoms with Gasteiger partial charge >= 0.3 is 0 Å². The van der Waals surface area contributed by atoms with Gasteiger partial charge in [-0.2, -0.15) is 0 Å². The molecule has 0 atom stereocenters. The molecule has 0 radical (unpaired) electrons. The highest BCUT2D eigenvalue weighted by molar-refractivity contribution is 5.52. The van der Waals surface area contributed by atoms with Crippen molar-refractivity contribution in [2.24, 2.45) is 0 Å². The Kier molecular flexibility index (Phi) is 4.26. The molecule has 0 spiro atoms. The number of benzene rings is 1. The number of anilines is 1. The molecule has 1 aromatic rings. The largest absolute Gasteiger partial charge is 0.367 e. The van der Waals surface area contributed by atoms with Gasteiger partial charge in [0.2, 0.25) is 0 Å². The number of rotatable bonds is 4. The molecule has 0 aromatic heterocycles. The summed E-state index contributed by atoms with van der Waals surface area (Å²) in [5, 5.41) is 10.5. The van der Waals surface area contributed by atoms with Crippen LogP contribution in [0.5, 0.6) is 0 Å². The van der Waals surface area contributed by atoms with E-state index in [9.17, 15) is 18.9 Å². The summed E-state index contributed by atoms with van der Waals surface area (Å²) in [6.07, 6.45) is 0. The van der Waals surface area contributed by atoms with Crippen molar-refractivity contribution in [1.29, 1.82) is 0 Å². The van der Waals surface area contributed by atoms with Crippen LogP contribution >= 0.6 is 0 Å². The third-order valence-electron chi connectivity index (χ3n) is 3.26. The first kappa shape index (κ1) is 13.7. The standard InChI is InChI=1S/C12H15F2N3O2/c13-3-4-15-5-7-16(8-6-15)12-2-1-10(17(18)19)9-11(12)14/h1-2,9H,3-8H2. The summed E-state index contributed by atoms with van der Waals surface area (Å²) >= 11 is 0. The second-order valence-electron chi connectivity index (χ2n) is 4.41. The van der Waals surface area contributed by atoms with Gasteiger partial charge in [-0.25, -0.2) is 8.78 Å². The van der Waals surface area contributed by atoms with E-state index in [0.717, 1.165) is 6.07 Å². The molecule has 104 valence electrons. The highest BCUT2D eigenvalue weighted by Crippen LogP contribution is 2.24. The third kappa shape index (κ3) is 3.17. The lowest BCUT2D eigenvalue weighted by Gasteiger charge is -2.35. The Morgan fingerprint density at radius 1 is 1.26 bits per heavy atom. The number of piperazine rings is 1. The maximum absolute atomic E-state index is 13.8. The van der Waals surface area contributed by atoms with E-state index < -0.39 is 10.7 Å². The Balaban J connectivity index is 2.05. The number of nitrogens with zero attached hydrogens (tertiary/aromatic N) is 3. The molecule has 1 saturated heterocycles. The number of halogens is 2. The summed E-state index contributed by atoms with van der Waals surface area (Å²) in [5.41, 5.74) is 0.114. The van der Waals surface area contributed by atoms with E-state index in [1.807, 2.05) is 9.80 Å². The predicted octanol–water partition coefficient (Wildman–Crippen LogP) is 1.83. The van der Waals surface area contributed by atoms with Crippen LogP contribution < -0.4 is 4.90 Å². The van der Waals surface area contributed by atoms with Gasteiger partial charge in [0.15, 0.2) is 5.82 Å². The van der Waals surface area contributed by atoms with Crippen molar-refractivity contribution in [1.82, 2.24) is 4.90 Å². The molecule has 0 amide bonds. The van der Waals surface area contributed by atoms with Crippen LogP contribution in [0.3, 0.4) is 0 Å². The van der Waals surface area contributed by atoms with Gasteiger partial charge in [0, 0.05) is 38.8 Å². The zero-order valence-electron chi connectivity index (χ0n) is 10.4. The second kappa shape index (κ2) is 5.92. The summed E-state index contributed by atoms with van der Waals surface area (Å²) in [7, 11) is 0. The molecule has 0 bridgehead atoms. The van der Waals surface area contributed by atoms with Crippen molar-refractivity contribution in [3.63, 3.8) is 0 Å². The molecule has 1 aliphatic rings. The van der Waals surface area contributed by atoms with Gasteiger partial charge in [0.1, 0.15) is 6.67 Å². The van der Waals surface area contributed by atoms with Crippen molar-refractivity contribution in [2.75, 3.05) is 44.3 Å². The normalized spacial score (nSPS) is 16.6. The molecule has 1 aromatic carbocycles. The highest BCUT2D eigenvalue weighted by atomic mass is 19.1. The van der Waals surface area contributed by atoms with E-state index in [-0.39, 0.29) is 12.4 Å². The quantitative estimate of drug-likeness (QED) is 0.619. The Hall–Kier alpha value is -1.76. The van der Waals surface area contributed by atoms with Crippen molar-refractivity contribution in [2.45, 2.75) is 0 Å². The summed E-state index contributed by atoms with van der Waals surface area (Å²) in [5.74, 6) is -0.590. The molecule has 1 aliphatic heterocycles. The molecule has 0 unspecified atom stereocenters. The Morgan fingerprint density at radius 3 is 2.47 bits per heavy atom. The highest BCUT2D eigenvalue weighted by Gasteiger charge is 2.20. The number of non-ortho nitro benzene ring substituents is 1. The first-order valence-corrected chi connectivity index (χ1v) is 6.09. The average molecular weight is 271 g/mol. The zero-order chi connectivity index (χ0) is 13.8. The summed E-state index contributed by atoms with van der Waals surface area (Å²) < 4.78 is 26.0. The minimum Gasteiger partial charge on any atom is -0.367 e. The Labute approximate surface area is 109 Å². The lowest BCUT2D eigenvalue weighted by Crippen LogP contribution is -2.47. The molecular formula is C12H15F2N3O2. The average Bonchev–Trinajstić information content (AvgIpc) is 2.40. The van der Waals surface area contributed by atoms with Gasteiger partial charge < -0.3 is 4.90 Å². The van der Waals surface area contributed by atoms with Gasteiger partial charge in [-0.1, -0.05) is 0 Å². The van der Waals surface area contributed by atoms with Crippen LogP contribution in [0.4, 0.5) is 20.2 Å². The van der Waals surface area contributed by atoms with Crippen LogP contribution in [0.1, 0.15) is 0 Å². The summed E-state index contributed by atoms with van der Waals surface area (Å²) in [6.45, 7) is 2.53. The number of hydrogen-bond donors (Lipinski definition) is 0. The van der Waals surface area contributed by atoms with Gasteiger partial charge in [-0.3, -0.25) is 15.0 Å². The fourth-order valence-corrected chi connectivity index (χ4v) is 2.20. The second-order valence-corrected chi connectivity index (χ2v) is 4.41. The third-order valence-corrected chi connectivity index (χ3v) is 3.26. The molecule has 0 N–H and O–H groups in total. The maximum Gasteiger partial charge on any atom is 0.272 e. The number of alkyl halides is 1. The molecule has 2 rings (SSSR count). The molecule has 1 heterocycles. The lowest BCUT2D eigenvalue weighted by molar-refractivity contribution is -0.385. The predicted molar refractivity (Wildman–Crippen MR) is 67.7 cm³/mol.